The smallest absolute Gasteiger partial charge is 0.338 e. The summed E-state index contributed by atoms with van der Waals surface area (Å²) >= 11 is 7.48. The fourth-order valence-electron chi connectivity index (χ4n) is 4.80. The average Bonchev–Trinajstić information content (AvgIpc) is 3.39. The van der Waals surface area contributed by atoms with Gasteiger partial charge in [-0.25, -0.2) is 9.59 Å². The number of carbonyl (C=O) groups excluding carboxylic acids is 3. The molecule has 1 aromatic heterocycles. The summed E-state index contributed by atoms with van der Waals surface area (Å²) in [6, 6.07) is 7.99. The van der Waals surface area contributed by atoms with Crippen molar-refractivity contribution in [3.63, 3.8) is 0 Å². The number of thiophene rings is 1. The maximum absolute atomic E-state index is 13.2. The molecule has 0 saturated carbocycles. The first-order valence-electron chi connectivity index (χ1n) is 12.1. The van der Waals surface area contributed by atoms with E-state index in [4.69, 9.17) is 16.3 Å². The van der Waals surface area contributed by atoms with Crippen LogP contribution in [0.2, 0.25) is 5.02 Å². The third kappa shape index (κ3) is 5.43. The average molecular weight is 531 g/mol. The summed E-state index contributed by atoms with van der Waals surface area (Å²) in [5.41, 5.74) is 2.58. The number of hydrogen-bond donors (Lipinski definition) is 1. The van der Waals surface area contributed by atoms with Crippen molar-refractivity contribution in [3.8, 4) is 0 Å². The number of halogens is 1. The lowest BCUT2D eigenvalue weighted by Crippen LogP contribution is -2.56. The monoisotopic (exact) mass is 530 g/mol. The third-order valence-corrected chi connectivity index (χ3v) is 7.52. The number of nitrogens with zero attached hydrogens (tertiary/aromatic N) is 3. The maximum atomic E-state index is 13.2. The SMILES string of the molecule is CCOC(=O)C1=C(CN2CCN(C(=O)c3ccc(Cl)cc3)C(C)C2)N(CC)C(=O)NC1c1ccsc1. The standard InChI is InChI=1S/C26H31ClN4O4S/c1-4-30-21(22(25(33)35-5-2)23(28-26(30)34)19-10-13-36-16-19)15-29-11-12-31(17(3)14-29)24(32)18-6-8-20(27)9-7-18/h6-10,13,16-17,23H,4-5,11-12,14-15H2,1-3H3,(H,28,34). The highest BCUT2D eigenvalue weighted by Crippen LogP contribution is 2.33. The first-order chi connectivity index (χ1) is 17.3. The highest BCUT2D eigenvalue weighted by molar-refractivity contribution is 7.08. The van der Waals surface area contributed by atoms with Gasteiger partial charge in [0.15, 0.2) is 0 Å². The molecule has 2 aliphatic heterocycles. The Hall–Kier alpha value is -2.88. The van der Waals surface area contributed by atoms with E-state index in [2.05, 4.69) is 10.2 Å². The van der Waals surface area contributed by atoms with Crippen LogP contribution in [0, 0.1) is 0 Å². The molecule has 4 rings (SSSR count). The van der Waals surface area contributed by atoms with Gasteiger partial charge in [-0.05, 0) is 67.4 Å². The van der Waals surface area contributed by atoms with Gasteiger partial charge in [0.1, 0.15) is 0 Å². The van der Waals surface area contributed by atoms with Gasteiger partial charge in [0.25, 0.3) is 5.91 Å². The lowest BCUT2D eigenvalue weighted by atomic mass is 9.95. The van der Waals surface area contributed by atoms with E-state index in [-0.39, 0.29) is 24.6 Å². The molecule has 2 unspecified atom stereocenters. The van der Waals surface area contributed by atoms with Crippen molar-refractivity contribution < 1.29 is 19.1 Å². The molecular weight excluding hydrogens is 500 g/mol. The molecule has 10 heteroatoms. The van der Waals surface area contributed by atoms with E-state index in [9.17, 15) is 14.4 Å². The summed E-state index contributed by atoms with van der Waals surface area (Å²) in [6.45, 7) is 8.51. The molecule has 0 radical (unpaired) electrons. The van der Waals surface area contributed by atoms with Gasteiger partial charge in [-0.2, -0.15) is 11.3 Å². The number of urea groups is 1. The molecule has 0 bridgehead atoms. The van der Waals surface area contributed by atoms with Crippen molar-refractivity contribution in [3.05, 3.63) is 68.5 Å². The maximum Gasteiger partial charge on any atom is 0.338 e. The summed E-state index contributed by atoms with van der Waals surface area (Å²) in [5.74, 6) is -0.457. The topological polar surface area (TPSA) is 82.2 Å². The highest BCUT2D eigenvalue weighted by atomic mass is 35.5. The Bertz CT molecular complexity index is 1140. The van der Waals surface area contributed by atoms with E-state index >= 15 is 0 Å². The molecule has 1 N–H and O–H groups in total. The van der Waals surface area contributed by atoms with Gasteiger partial charge in [-0.3, -0.25) is 14.6 Å². The number of piperazine rings is 1. The lowest BCUT2D eigenvalue weighted by Gasteiger charge is -2.42. The van der Waals surface area contributed by atoms with Gasteiger partial charge < -0.3 is 15.0 Å². The van der Waals surface area contributed by atoms with Gasteiger partial charge >= 0.3 is 12.0 Å². The number of benzene rings is 1. The molecule has 1 fully saturated rings. The molecule has 0 spiro atoms. The lowest BCUT2D eigenvalue weighted by molar-refractivity contribution is -0.139. The van der Waals surface area contributed by atoms with Crippen LogP contribution in [0.5, 0.6) is 0 Å². The quantitative estimate of drug-likeness (QED) is 0.544. The van der Waals surface area contributed by atoms with Crippen molar-refractivity contribution in [2.24, 2.45) is 0 Å². The van der Waals surface area contributed by atoms with Gasteiger partial charge in [0.2, 0.25) is 0 Å². The first-order valence-corrected chi connectivity index (χ1v) is 13.4. The van der Waals surface area contributed by atoms with E-state index in [0.29, 0.717) is 54.6 Å². The minimum Gasteiger partial charge on any atom is -0.463 e. The molecule has 1 saturated heterocycles. The fraction of sp³-hybridized carbons (Fsp3) is 0.423. The number of hydrogen-bond acceptors (Lipinski definition) is 6. The highest BCUT2D eigenvalue weighted by Gasteiger charge is 2.39. The molecule has 3 heterocycles. The Morgan fingerprint density at radius 2 is 1.92 bits per heavy atom. The van der Waals surface area contributed by atoms with Crippen LogP contribution in [0.1, 0.15) is 42.7 Å². The van der Waals surface area contributed by atoms with E-state index in [1.165, 1.54) is 11.3 Å². The number of nitrogens with one attached hydrogen (secondary N) is 1. The summed E-state index contributed by atoms with van der Waals surface area (Å²) in [5, 5.41) is 7.44. The number of ether oxygens (including phenoxy) is 1. The van der Waals surface area contributed by atoms with E-state index in [0.717, 1.165) is 5.56 Å². The van der Waals surface area contributed by atoms with Crippen molar-refractivity contribution in [2.45, 2.75) is 32.9 Å². The van der Waals surface area contributed by atoms with Crippen molar-refractivity contribution in [1.29, 1.82) is 0 Å². The molecule has 1 aromatic carbocycles. The summed E-state index contributed by atoms with van der Waals surface area (Å²) < 4.78 is 5.43. The summed E-state index contributed by atoms with van der Waals surface area (Å²) in [7, 11) is 0. The molecule has 0 aliphatic carbocycles. The second kappa shape index (κ2) is 11.5. The Labute approximate surface area is 220 Å². The molecule has 3 amide bonds. The predicted octanol–water partition coefficient (Wildman–Crippen LogP) is 4.15. The first kappa shape index (κ1) is 26.2. The molecule has 8 nitrogen and oxygen atoms in total. The van der Waals surface area contributed by atoms with E-state index in [1.54, 1.807) is 36.1 Å². The molecular formula is C26H31ClN4O4S. The summed E-state index contributed by atoms with van der Waals surface area (Å²) in [6.07, 6.45) is 0. The number of carbonyl (C=O) groups is 3. The van der Waals surface area contributed by atoms with Crippen LogP contribution >= 0.6 is 22.9 Å². The second-order valence-electron chi connectivity index (χ2n) is 8.85. The van der Waals surface area contributed by atoms with Gasteiger partial charge in [-0.1, -0.05) is 11.6 Å². The molecule has 2 atom stereocenters. The molecule has 2 aliphatic rings. The van der Waals surface area contributed by atoms with Gasteiger partial charge in [-0.15, -0.1) is 0 Å². The van der Waals surface area contributed by atoms with Crippen LogP contribution in [0.15, 0.2) is 52.4 Å². The number of likely N-dealkylation sites (N-methyl/N-ethyl adjacent to an activating group) is 1. The summed E-state index contributed by atoms with van der Waals surface area (Å²) in [4.78, 5) is 45.0. The normalized spacial score (nSPS) is 20.9. The van der Waals surface area contributed by atoms with Crippen LogP contribution in [0.3, 0.4) is 0 Å². The van der Waals surface area contributed by atoms with E-state index in [1.807, 2.05) is 35.6 Å². The zero-order valence-corrected chi connectivity index (χ0v) is 22.3. The van der Waals surface area contributed by atoms with Crippen LogP contribution in [0.4, 0.5) is 4.79 Å². The van der Waals surface area contributed by atoms with Crippen LogP contribution in [-0.2, 0) is 9.53 Å². The Balaban J connectivity index is 1.59. The second-order valence-corrected chi connectivity index (χ2v) is 10.1. The van der Waals surface area contributed by atoms with Crippen LogP contribution in [-0.4, -0.2) is 78.0 Å². The van der Waals surface area contributed by atoms with Crippen molar-refractivity contribution in [1.82, 2.24) is 20.0 Å². The van der Waals surface area contributed by atoms with Crippen molar-refractivity contribution >= 4 is 40.8 Å². The van der Waals surface area contributed by atoms with Gasteiger partial charge in [0.05, 0.1) is 18.2 Å². The molecule has 192 valence electrons. The van der Waals surface area contributed by atoms with Crippen LogP contribution in [0.25, 0.3) is 0 Å². The minimum atomic E-state index is -0.564. The zero-order valence-electron chi connectivity index (χ0n) is 20.7. The Morgan fingerprint density at radius 3 is 2.53 bits per heavy atom. The Kier molecular flexibility index (Phi) is 8.33. The number of amides is 3. The largest absolute Gasteiger partial charge is 0.463 e. The van der Waals surface area contributed by atoms with Crippen molar-refractivity contribution in [2.75, 3.05) is 39.3 Å². The molecule has 2 aromatic rings. The number of esters is 1. The third-order valence-electron chi connectivity index (χ3n) is 6.56. The van der Waals surface area contributed by atoms with E-state index < -0.39 is 12.0 Å². The van der Waals surface area contributed by atoms with Crippen LogP contribution < -0.4 is 5.32 Å². The zero-order chi connectivity index (χ0) is 25.8. The Morgan fingerprint density at radius 1 is 1.17 bits per heavy atom. The fourth-order valence-corrected chi connectivity index (χ4v) is 5.61. The molecule has 36 heavy (non-hydrogen) atoms. The number of rotatable bonds is 7. The predicted molar refractivity (Wildman–Crippen MR) is 140 cm³/mol. The minimum absolute atomic E-state index is 0.0324. The van der Waals surface area contributed by atoms with Gasteiger partial charge in [0, 0.05) is 55.0 Å².